The number of benzene rings is 1. The molecule has 0 heterocycles. The number of fused-ring (bicyclic) bond motifs is 1. The maximum absolute atomic E-state index is 12.8. The highest BCUT2D eigenvalue weighted by molar-refractivity contribution is 9.09. The summed E-state index contributed by atoms with van der Waals surface area (Å²) in [5.41, 5.74) is 1.73. The lowest BCUT2D eigenvalue weighted by Crippen LogP contribution is -2.70. The number of carbonyl (C=O) groups excluding carboxylic acids is 1. The third-order valence-electron chi connectivity index (χ3n) is 6.33. The van der Waals surface area contributed by atoms with E-state index in [1.54, 1.807) is 18.2 Å². The standard InChI is InChI=1S/C16H21BrN2O3S/c1-14(2)15(3)9-10-16(14,12(15)17)13(20)18-19-23(21,22)11-7-5-4-6-8-11/h4-8,12,19H,9-10H2,1-3H3,(H,18,20). The summed E-state index contributed by atoms with van der Waals surface area (Å²) in [6.45, 7) is 6.35. The number of hydrogen-bond donors (Lipinski definition) is 2. The second-order valence-electron chi connectivity index (χ2n) is 7.25. The molecule has 1 aromatic rings. The molecule has 3 aliphatic carbocycles. The first-order valence-electron chi connectivity index (χ1n) is 7.61. The SMILES string of the molecule is CC12CCC(C(=O)NNS(=O)(=O)c3ccccc3)(C1Br)C2(C)C. The number of hydrazine groups is 1. The first kappa shape index (κ1) is 16.9. The quantitative estimate of drug-likeness (QED) is 0.602. The highest BCUT2D eigenvalue weighted by atomic mass is 79.9. The Balaban J connectivity index is 1.77. The molecule has 0 saturated heterocycles. The summed E-state index contributed by atoms with van der Waals surface area (Å²) in [7, 11) is -3.76. The van der Waals surface area contributed by atoms with Gasteiger partial charge in [0.2, 0.25) is 5.91 Å². The summed E-state index contributed by atoms with van der Waals surface area (Å²) in [5, 5.41) is 0. The van der Waals surface area contributed by atoms with Crippen LogP contribution in [0.15, 0.2) is 35.2 Å². The van der Waals surface area contributed by atoms with Crippen LogP contribution in [0.3, 0.4) is 0 Å². The monoisotopic (exact) mass is 400 g/mol. The molecule has 2 N–H and O–H groups in total. The number of alkyl halides is 1. The van der Waals surface area contributed by atoms with Gasteiger partial charge in [0.05, 0.1) is 10.3 Å². The van der Waals surface area contributed by atoms with Gasteiger partial charge in [-0.2, -0.15) is 0 Å². The number of amides is 1. The Morgan fingerprint density at radius 3 is 2.26 bits per heavy atom. The van der Waals surface area contributed by atoms with E-state index in [1.807, 2.05) is 0 Å². The summed E-state index contributed by atoms with van der Waals surface area (Å²) in [6, 6.07) is 7.99. The Morgan fingerprint density at radius 2 is 1.78 bits per heavy atom. The Labute approximate surface area is 145 Å². The zero-order valence-corrected chi connectivity index (χ0v) is 15.8. The molecular weight excluding hydrogens is 380 g/mol. The van der Waals surface area contributed by atoms with Gasteiger partial charge >= 0.3 is 0 Å². The van der Waals surface area contributed by atoms with Crippen molar-refractivity contribution in [3.63, 3.8) is 0 Å². The molecular formula is C16H21BrN2O3S. The van der Waals surface area contributed by atoms with Crippen LogP contribution >= 0.6 is 15.9 Å². The van der Waals surface area contributed by atoms with Crippen molar-refractivity contribution in [2.24, 2.45) is 16.2 Å². The van der Waals surface area contributed by atoms with E-state index in [0.717, 1.165) is 12.8 Å². The molecule has 126 valence electrons. The van der Waals surface area contributed by atoms with Crippen LogP contribution < -0.4 is 10.3 Å². The summed E-state index contributed by atoms with van der Waals surface area (Å²) >= 11 is 3.67. The van der Waals surface area contributed by atoms with E-state index in [2.05, 4.69) is 47.0 Å². The van der Waals surface area contributed by atoms with Crippen LogP contribution in [-0.2, 0) is 14.8 Å². The van der Waals surface area contributed by atoms with Gasteiger partial charge in [-0.1, -0.05) is 54.9 Å². The lowest BCUT2D eigenvalue weighted by Gasteiger charge is -2.64. The van der Waals surface area contributed by atoms with E-state index in [1.165, 1.54) is 12.1 Å². The van der Waals surface area contributed by atoms with Crippen LogP contribution in [0.5, 0.6) is 0 Å². The van der Waals surface area contributed by atoms with Crippen molar-refractivity contribution >= 4 is 31.9 Å². The van der Waals surface area contributed by atoms with Crippen LogP contribution in [0.25, 0.3) is 0 Å². The van der Waals surface area contributed by atoms with Gasteiger partial charge in [0.1, 0.15) is 0 Å². The largest absolute Gasteiger partial charge is 0.277 e. The predicted octanol–water partition coefficient (Wildman–Crippen LogP) is 2.59. The van der Waals surface area contributed by atoms with Crippen molar-refractivity contribution in [1.29, 1.82) is 0 Å². The van der Waals surface area contributed by atoms with Crippen molar-refractivity contribution in [3.8, 4) is 0 Å². The molecule has 0 aliphatic heterocycles. The van der Waals surface area contributed by atoms with Crippen LogP contribution in [-0.4, -0.2) is 19.2 Å². The van der Waals surface area contributed by atoms with Crippen molar-refractivity contribution in [2.75, 3.05) is 0 Å². The van der Waals surface area contributed by atoms with Crippen molar-refractivity contribution in [3.05, 3.63) is 30.3 Å². The molecule has 3 saturated carbocycles. The van der Waals surface area contributed by atoms with Gasteiger partial charge in [-0.25, -0.2) is 8.42 Å². The van der Waals surface area contributed by atoms with Crippen LogP contribution in [0.1, 0.15) is 33.6 Å². The minimum Gasteiger partial charge on any atom is -0.277 e. The van der Waals surface area contributed by atoms with Crippen molar-refractivity contribution in [2.45, 2.75) is 43.3 Å². The number of rotatable bonds is 4. The Bertz CT molecular complexity index is 750. The Morgan fingerprint density at radius 1 is 1.17 bits per heavy atom. The summed E-state index contributed by atoms with van der Waals surface area (Å²) < 4.78 is 24.5. The highest BCUT2D eigenvalue weighted by Gasteiger charge is 2.80. The third kappa shape index (κ3) is 1.99. The van der Waals surface area contributed by atoms with Gasteiger partial charge < -0.3 is 0 Å². The fraction of sp³-hybridized carbons (Fsp3) is 0.562. The number of halogens is 1. The first-order valence-corrected chi connectivity index (χ1v) is 10.0. The second-order valence-corrected chi connectivity index (χ2v) is 9.85. The normalized spacial score (nSPS) is 34.7. The number of sulfonamides is 1. The molecule has 3 unspecified atom stereocenters. The summed E-state index contributed by atoms with van der Waals surface area (Å²) in [6.07, 6.45) is 1.71. The van der Waals surface area contributed by atoms with E-state index < -0.39 is 15.4 Å². The van der Waals surface area contributed by atoms with Gasteiger partial charge in [-0.15, -0.1) is 4.83 Å². The average molecular weight is 401 g/mol. The molecule has 3 aliphatic rings. The van der Waals surface area contributed by atoms with Gasteiger partial charge in [0.15, 0.2) is 0 Å². The lowest BCUT2D eigenvalue weighted by atomic mass is 9.43. The zero-order chi connectivity index (χ0) is 17.1. The van der Waals surface area contributed by atoms with Crippen LogP contribution in [0, 0.1) is 16.2 Å². The average Bonchev–Trinajstić information content (AvgIpc) is 2.93. The molecule has 0 spiro atoms. The fourth-order valence-electron chi connectivity index (χ4n) is 4.34. The molecule has 0 aromatic heterocycles. The zero-order valence-electron chi connectivity index (χ0n) is 13.4. The predicted molar refractivity (Wildman–Crippen MR) is 91.2 cm³/mol. The van der Waals surface area contributed by atoms with Gasteiger partial charge in [-0.05, 0) is 35.8 Å². The molecule has 1 aromatic carbocycles. The molecule has 0 radical (unpaired) electrons. The molecule has 5 nitrogen and oxygen atoms in total. The van der Waals surface area contributed by atoms with E-state index in [-0.39, 0.29) is 26.5 Å². The van der Waals surface area contributed by atoms with Crippen molar-refractivity contribution in [1.82, 2.24) is 10.3 Å². The number of nitrogens with one attached hydrogen (secondary N) is 2. The Hall–Kier alpha value is -0.920. The van der Waals surface area contributed by atoms with Gasteiger partial charge in [0.25, 0.3) is 10.0 Å². The maximum Gasteiger partial charge on any atom is 0.257 e. The summed E-state index contributed by atoms with van der Waals surface area (Å²) in [5.74, 6) is -0.265. The first-order chi connectivity index (χ1) is 10.6. The highest BCUT2D eigenvalue weighted by Crippen LogP contribution is 2.79. The van der Waals surface area contributed by atoms with Crippen molar-refractivity contribution < 1.29 is 13.2 Å². The molecule has 4 rings (SSSR count). The fourth-order valence-corrected chi connectivity index (χ4v) is 7.01. The minimum atomic E-state index is -3.76. The molecule has 3 fully saturated rings. The van der Waals surface area contributed by atoms with E-state index in [0.29, 0.717) is 0 Å². The van der Waals surface area contributed by atoms with E-state index in [4.69, 9.17) is 0 Å². The molecule has 1 amide bonds. The molecule has 3 atom stereocenters. The molecule has 7 heteroatoms. The lowest BCUT2D eigenvalue weighted by molar-refractivity contribution is -0.162. The van der Waals surface area contributed by atoms with E-state index >= 15 is 0 Å². The smallest absolute Gasteiger partial charge is 0.257 e. The van der Waals surface area contributed by atoms with Crippen LogP contribution in [0.4, 0.5) is 0 Å². The minimum absolute atomic E-state index is 0.0544. The molecule has 2 bridgehead atoms. The molecule has 23 heavy (non-hydrogen) atoms. The summed E-state index contributed by atoms with van der Waals surface area (Å²) in [4.78, 5) is 15.2. The van der Waals surface area contributed by atoms with Gasteiger partial charge in [0, 0.05) is 4.83 Å². The Kier molecular flexibility index (Phi) is 3.71. The number of carbonyl (C=O) groups is 1. The number of hydrogen-bond acceptors (Lipinski definition) is 3. The topological polar surface area (TPSA) is 75.3 Å². The van der Waals surface area contributed by atoms with E-state index in [9.17, 15) is 13.2 Å². The van der Waals surface area contributed by atoms with Crippen LogP contribution in [0.2, 0.25) is 0 Å². The third-order valence-corrected chi connectivity index (χ3v) is 9.39. The van der Waals surface area contributed by atoms with Gasteiger partial charge in [-0.3, -0.25) is 10.2 Å². The second kappa shape index (κ2) is 5.04. The maximum atomic E-state index is 12.8.